The van der Waals surface area contributed by atoms with E-state index in [1.165, 1.54) is 6.07 Å². The summed E-state index contributed by atoms with van der Waals surface area (Å²) in [6.07, 6.45) is -2.67. The average molecular weight is 405 g/mol. The average Bonchev–Trinajstić information content (AvgIpc) is 2.88. The van der Waals surface area contributed by atoms with Crippen molar-refractivity contribution in [2.24, 2.45) is 0 Å². The van der Waals surface area contributed by atoms with Gasteiger partial charge in [-0.1, -0.05) is 0 Å². The Bertz CT molecular complexity index is 1060. The summed E-state index contributed by atoms with van der Waals surface area (Å²) in [6.45, 7) is 4.70. The van der Waals surface area contributed by atoms with Gasteiger partial charge in [-0.3, -0.25) is 4.98 Å². The fourth-order valence-corrected chi connectivity index (χ4v) is 3.63. The van der Waals surface area contributed by atoms with E-state index in [0.29, 0.717) is 31.1 Å². The van der Waals surface area contributed by atoms with Crippen molar-refractivity contribution in [3.63, 3.8) is 0 Å². The Balaban J connectivity index is 1.93. The molecular weight excluding hydrogens is 386 g/mol. The van der Waals surface area contributed by atoms with Gasteiger partial charge in [0.05, 0.1) is 30.5 Å². The second-order valence-electron chi connectivity index (χ2n) is 7.15. The molecule has 152 valence electrons. The van der Waals surface area contributed by atoms with E-state index in [-0.39, 0.29) is 11.7 Å². The van der Waals surface area contributed by atoms with Crippen molar-refractivity contribution < 1.29 is 22.3 Å². The summed E-state index contributed by atoms with van der Waals surface area (Å²) in [7, 11) is 0. The molecule has 0 unspecified atom stereocenters. The van der Waals surface area contributed by atoms with Gasteiger partial charge in [0.1, 0.15) is 11.6 Å². The lowest BCUT2D eigenvalue weighted by Gasteiger charge is -2.14. The van der Waals surface area contributed by atoms with Crippen LogP contribution in [0.1, 0.15) is 23.9 Å². The molecule has 1 aliphatic heterocycles. The highest BCUT2D eigenvalue weighted by Gasteiger charge is 2.35. The summed E-state index contributed by atoms with van der Waals surface area (Å²) >= 11 is 0. The molecule has 1 atom stereocenters. The van der Waals surface area contributed by atoms with Crippen LogP contribution >= 0.6 is 0 Å². The number of hydrogen-bond acceptors (Lipinski definition) is 3. The van der Waals surface area contributed by atoms with Crippen molar-refractivity contribution in [1.29, 1.82) is 0 Å². The van der Waals surface area contributed by atoms with Gasteiger partial charge in [0.25, 0.3) is 0 Å². The maximum absolute atomic E-state index is 13.8. The molecule has 4 nitrogen and oxygen atoms in total. The molecule has 0 bridgehead atoms. The van der Waals surface area contributed by atoms with Gasteiger partial charge in [-0.25, -0.2) is 9.37 Å². The quantitative estimate of drug-likeness (QED) is 0.561. The number of alkyl halides is 3. The van der Waals surface area contributed by atoms with Crippen molar-refractivity contribution in [2.75, 3.05) is 6.61 Å². The second kappa shape index (κ2) is 7.26. The van der Waals surface area contributed by atoms with E-state index in [2.05, 4.69) is 4.98 Å². The number of pyridine rings is 1. The normalized spacial score (nSPS) is 17.1. The van der Waals surface area contributed by atoms with Crippen molar-refractivity contribution in [1.82, 2.24) is 14.5 Å². The zero-order chi connectivity index (χ0) is 20.8. The number of hydrogen-bond donors (Lipinski definition) is 0. The highest BCUT2D eigenvalue weighted by molar-refractivity contribution is 5.69. The van der Waals surface area contributed by atoms with Crippen LogP contribution < -0.4 is 0 Å². The summed E-state index contributed by atoms with van der Waals surface area (Å²) in [5.41, 5.74) is 2.12. The van der Waals surface area contributed by atoms with E-state index >= 15 is 0 Å². The first-order valence-corrected chi connectivity index (χ1v) is 9.25. The van der Waals surface area contributed by atoms with E-state index in [0.717, 1.165) is 29.1 Å². The molecule has 0 fully saturated rings. The number of rotatable bonds is 2. The fourth-order valence-electron chi connectivity index (χ4n) is 3.63. The van der Waals surface area contributed by atoms with E-state index in [1.807, 2.05) is 30.5 Å². The van der Waals surface area contributed by atoms with Crippen LogP contribution in [0.25, 0.3) is 22.6 Å². The first kappa shape index (κ1) is 19.6. The van der Waals surface area contributed by atoms with E-state index in [9.17, 15) is 17.6 Å². The Kier molecular flexibility index (Phi) is 4.90. The molecule has 2 aromatic heterocycles. The molecule has 0 radical (unpaired) electrons. The van der Waals surface area contributed by atoms with Crippen molar-refractivity contribution in [2.45, 2.75) is 39.1 Å². The lowest BCUT2D eigenvalue weighted by atomic mass is 10.1. The van der Waals surface area contributed by atoms with Gasteiger partial charge in [0, 0.05) is 35.1 Å². The van der Waals surface area contributed by atoms with Crippen LogP contribution in [-0.4, -0.2) is 27.2 Å². The van der Waals surface area contributed by atoms with Crippen LogP contribution in [0.4, 0.5) is 17.6 Å². The number of ether oxygens (including phenoxy) is 1. The number of fused-ring (bicyclic) bond motifs is 1. The first-order chi connectivity index (χ1) is 13.7. The number of aryl methyl sites for hydroxylation is 1. The minimum atomic E-state index is -4.78. The van der Waals surface area contributed by atoms with Crippen molar-refractivity contribution in [3.8, 4) is 22.6 Å². The molecule has 0 spiro atoms. The Morgan fingerprint density at radius 1 is 1.14 bits per heavy atom. The molecule has 0 aliphatic carbocycles. The molecule has 1 aliphatic rings. The van der Waals surface area contributed by atoms with Crippen LogP contribution in [0, 0.1) is 12.7 Å². The molecule has 8 heteroatoms. The standard InChI is InChI=1S/C21H19F4N3O/c1-12-9-14(5-7-26-12)19-18-6-8-29-13(2)11-28(18)20(27-19)15-3-4-17(22)16(10-15)21(23,24)25/h3-5,7,9-10,13H,6,8,11H2,1-2H3/t13-/m1/s1. The number of imidazole rings is 1. The summed E-state index contributed by atoms with van der Waals surface area (Å²) in [5, 5.41) is 0. The third-order valence-corrected chi connectivity index (χ3v) is 4.95. The van der Waals surface area contributed by atoms with Gasteiger partial charge < -0.3 is 9.30 Å². The number of benzene rings is 1. The maximum atomic E-state index is 13.8. The lowest BCUT2D eigenvalue weighted by molar-refractivity contribution is -0.139. The highest BCUT2D eigenvalue weighted by Crippen LogP contribution is 2.36. The van der Waals surface area contributed by atoms with E-state index in [4.69, 9.17) is 9.72 Å². The van der Waals surface area contributed by atoms with Gasteiger partial charge in [0.15, 0.2) is 0 Å². The molecule has 3 heterocycles. The molecule has 29 heavy (non-hydrogen) atoms. The minimum Gasteiger partial charge on any atom is -0.376 e. The Morgan fingerprint density at radius 2 is 1.93 bits per heavy atom. The Labute approximate surface area is 165 Å². The first-order valence-electron chi connectivity index (χ1n) is 9.25. The molecule has 0 saturated carbocycles. The van der Waals surface area contributed by atoms with Crippen molar-refractivity contribution in [3.05, 3.63) is 59.3 Å². The van der Waals surface area contributed by atoms with Crippen LogP contribution in [0.2, 0.25) is 0 Å². The molecule has 0 saturated heterocycles. The fraction of sp³-hybridized carbons (Fsp3) is 0.333. The van der Waals surface area contributed by atoms with E-state index in [1.54, 1.807) is 6.20 Å². The van der Waals surface area contributed by atoms with Crippen LogP contribution in [0.15, 0.2) is 36.5 Å². The summed E-state index contributed by atoms with van der Waals surface area (Å²) in [4.78, 5) is 8.89. The predicted molar refractivity (Wildman–Crippen MR) is 99.7 cm³/mol. The van der Waals surface area contributed by atoms with E-state index < -0.39 is 17.6 Å². The predicted octanol–water partition coefficient (Wildman–Crippen LogP) is 5.04. The highest BCUT2D eigenvalue weighted by atomic mass is 19.4. The molecule has 4 rings (SSSR count). The topological polar surface area (TPSA) is 39.9 Å². The third kappa shape index (κ3) is 3.76. The zero-order valence-electron chi connectivity index (χ0n) is 15.9. The van der Waals surface area contributed by atoms with Crippen LogP contribution in [0.5, 0.6) is 0 Å². The monoisotopic (exact) mass is 405 g/mol. The Morgan fingerprint density at radius 3 is 2.66 bits per heavy atom. The number of aromatic nitrogens is 3. The lowest BCUT2D eigenvalue weighted by Crippen LogP contribution is -2.15. The Hall–Kier alpha value is -2.74. The summed E-state index contributed by atoms with van der Waals surface area (Å²) in [5.74, 6) is -0.933. The van der Waals surface area contributed by atoms with Gasteiger partial charge in [0.2, 0.25) is 0 Å². The van der Waals surface area contributed by atoms with Crippen molar-refractivity contribution >= 4 is 0 Å². The molecule has 0 amide bonds. The van der Waals surface area contributed by atoms with Crippen LogP contribution in [0.3, 0.4) is 0 Å². The smallest absolute Gasteiger partial charge is 0.376 e. The minimum absolute atomic E-state index is 0.126. The number of nitrogens with zero attached hydrogens (tertiary/aromatic N) is 3. The molecule has 3 aromatic rings. The van der Waals surface area contributed by atoms with Gasteiger partial charge in [-0.05, 0) is 44.2 Å². The molecule has 1 aromatic carbocycles. The van der Waals surface area contributed by atoms with Gasteiger partial charge >= 0.3 is 6.18 Å². The van der Waals surface area contributed by atoms with Gasteiger partial charge in [-0.2, -0.15) is 13.2 Å². The van der Waals surface area contributed by atoms with Gasteiger partial charge in [-0.15, -0.1) is 0 Å². The third-order valence-electron chi connectivity index (χ3n) is 4.95. The van der Waals surface area contributed by atoms with Crippen LogP contribution in [-0.2, 0) is 23.9 Å². The summed E-state index contributed by atoms with van der Waals surface area (Å²) in [6, 6.07) is 6.70. The largest absolute Gasteiger partial charge is 0.419 e. The second-order valence-corrected chi connectivity index (χ2v) is 7.15. The summed E-state index contributed by atoms with van der Waals surface area (Å²) < 4.78 is 61.1. The molecule has 0 N–H and O–H groups in total. The molecular formula is C21H19F4N3O. The number of halogens is 4. The zero-order valence-corrected chi connectivity index (χ0v) is 15.9. The SMILES string of the molecule is Cc1cc(-c2nc(-c3ccc(F)c(C(F)(F)F)c3)n3c2CCO[C@H](C)C3)ccn1. The maximum Gasteiger partial charge on any atom is 0.419 e.